The second-order valence-corrected chi connectivity index (χ2v) is 7.79. The number of para-hydroxylation sites is 1. The Bertz CT molecular complexity index is 1210. The number of amides is 1. The van der Waals surface area contributed by atoms with Crippen LogP contribution < -0.4 is 4.90 Å². The fourth-order valence-electron chi connectivity index (χ4n) is 2.97. The molecular formula is C22H19FN4O4S. The summed E-state index contributed by atoms with van der Waals surface area (Å²) in [7, 11) is 0. The van der Waals surface area contributed by atoms with E-state index in [2.05, 4.69) is 15.1 Å². The molecule has 164 valence electrons. The molecule has 0 aliphatic heterocycles. The standard InChI is InChI=1S/C22H19FN4O4S/c1-2-27(22-24-16-5-3-4-6-17(16)32-22)19(28)13-30-20(29)12-11-18-25-21(26-31-18)14-7-9-15(23)10-8-14/h3-10H,2,11-13H2,1H3. The quantitative estimate of drug-likeness (QED) is 0.371. The minimum Gasteiger partial charge on any atom is -0.456 e. The summed E-state index contributed by atoms with van der Waals surface area (Å²) in [4.78, 5) is 34.8. The number of thiazole rings is 1. The molecule has 0 aliphatic rings. The van der Waals surface area contributed by atoms with Crippen molar-refractivity contribution in [2.24, 2.45) is 0 Å². The maximum Gasteiger partial charge on any atom is 0.306 e. The van der Waals surface area contributed by atoms with Crippen LogP contribution in [0.25, 0.3) is 21.6 Å². The largest absolute Gasteiger partial charge is 0.456 e. The number of likely N-dealkylation sites (N-methyl/N-ethyl adjacent to an activating group) is 1. The zero-order valence-corrected chi connectivity index (χ0v) is 18.0. The van der Waals surface area contributed by atoms with Crippen LogP contribution in [-0.4, -0.2) is 40.2 Å². The number of nitrogens with zero attached hydrogens (tertiary/aromatic N) is 4. The molecule has 0 saturated heterocycles. The van der Waals surface area contributed by atoms with Gasteiger partial charge in [0, 0.05) is 18.5 Å². The Hall–Kier alpha value is -3.66. The molecule has 1 amide bonds. The fraction of sp³-hybridized carbons (Fsp3) is 0.227. The average Bonchev–Trinajstić information content (AvgIpc) is 3.44. The average molecular weight is 454 g/mol. The van der Waals surface area contributed by atoms with E-state index < -0.39 is 5.97 Å². The molecule has 8 nitrogen and oxygen atoms in total. The maximum atomic E-state index is 13.0. The summed E-state index contributed by atoms with van der Waals surface area (Å²) in [6, 6.07) is 13.3. The number of ether oxygens (including phenoxy) is 1. The van der Waals surface area contributed by atoms with Gasteiger partial charge in [-0.1, -0.05) is 28.6 Å². The lowest BCUT2D eigenvalue weighted by atomic mass is 10.2. The van der Waals surface area contributed by atoms with Gasteiger partial charge in [0.05, 0.1) is 16.6 Å². The van der Waals surface area contributed by atoms with Crippen molar-refractivity contribution in [3.63, 3.8) is 0 Å². The highest BCUT2D eigenvalue weighted by Crippen LogP contribution is 2.28. The van der Waals surface area contributed by atoms with E-state index in [1.807, 2.05) is 31.2 Å². The molecule has 0 atom stereocenters. The van der Waals surface area contributed by atoms with Gasteiger partial charge in [-0.3, -0.25) is 14.5 Å². The Morgan fingerprint density at radius 1 is 1.12 bits per heavy atom. The lowest BCUT2D eigenvalue weighted by Gasteiger charge is -2.17. The Balaban J connectivity index is 1.28. The highest BCUT2D eigenvalue weighted by Gasteiger charge is 2.20. The molecule has 0 aliphatic carbocycles. The lowest BCUT2D eigenvalue weighted by molar-refractivity contribution is -0.147. The van der Waals surface area contributed by atoms with E-state index in [0.717, 1.165) is 10.2 Å². The highest BCUT2D eigenvalue weighted by atomic mass is 32.1. The van der Waals surface area contributed by atoms with E-state index >= 15 is 0 Å². The van der Waals surface area contributed by atoms with Gasteiger partial charge in [-0.15, -0.1) is 0 Å². The van der Waals surface area contributed by atoms with Gasteiger partial charge in [0.15, 0.2) is 11.7 Å². The Morgan fingerprint density at radius 3 is 2.66 bits per heavy atom. The molecule has 0 radical (unpaired) electrons. The molecule has 0 bridgehead atoms. The van der Waals surface area contributed by atoms with Gasteiger partial charge in [0.25, 0.3) is 5.91 Å². The first-order valence-electron chi connectivity index (χ1n) is 9.93. The third-order valence-electron chi connectivity index (χ3n) is 4.60. The SMILES string of the molecule is CCN(C(=O)COC(=O)CCc1nc(-c2ccc(F)cc2)no1)c1nc2ccccc2s1. The van der Waals surface area contributed by atoms with Crippen molar-refractivity contribution in [1.29, 1.82) is 0 Å². The van der Waals surface area contributed by atoms with Gasteiger partial charge in [0.1, 0.15) is 5.82 Å². The van der Waals surface area contributed by atoms with E-state index in [1.165, 1.54) is 40.5 Å². The van der Waals surface area contributed by atoms with Crippen LogP contribution in [0.1, 0.15) is 19.2 Å². The molecule has 32 heavy (non-hydrogen) atoms. The zero-order valence-electron chi connectivity index (χ0n) is 17.2. The molecule has 0 unspecified atom stereocenters. The lowest BCUT2D eigenvalue weighted by Crippen LogP contribution is -2.34. The number of hydrogen-bond donors (Lipinski definition) is 0. The van der Waals surface area contributed by atoms with Gasteiger partial charge in [-0.25, -0.2) is 9.37 Å². The number of esters is 1. The summed E-state index contributed by atoms with van der Waals surface area (Å²) < 4.78 is 24.2. The van der Waals surface area contributed by atoms with E-state index in [4.69, 9.17) is 9.26 Å². The summed E-state index contributed by atoms with van der Waals surface area (Å²) in [5.74, 6) is -0.716. The summed E-state index contributed by atoms with van der Waals surface area (Å²) in [5.41, 5.74) is 1.42. The maximum absolute atomic E-state index is 13.0. The summed E-state index contributed by atoms with van der Waals surface area (Å²) in [5, 5.41) is 4.39. The van der Waals surface area contributed by atoms with Gasteiger partial charge in [0.2, 0.25) is 11.7 Å². The normalized spacial score (nSPS) is 10.9. The third kappa shape index (κ3) is 4.97. The Morgan fingerprint density at radius 2 is 1.91 bits per heavy atom. The topological polar surface area (TPSA) is 98.4 Å². The number of rotatable bonds is 8. The van der Waals surface area contributed by atoms with Gasteiger partial charge in [-0.2, -0.15) is 4.98 Å². The van der Waals surface area contributed by atoms with Crippen molar-refractivity contribution in [1.82, 2.24) is 15.1 Å². The van der Waals surface area contributed by atoms with Crippen molar-refractivity contribution in [3.05, 3.63) is 60.2 Å². The van der Waals surface area contributed by atoms with Crippen molar-refractivity contribution in [2.45, 2.75) is 19.8 Å². The molecule has 0 fully saturated rings. The monoisotopic (exact) mass is 454 g/mol. The first-order valence-corrected chi connectivity index (χ1v) is 10.7. The minimum absolute atomic E-state index is 0.0222. The number of aromatic nitrogens is 3. The minimum atomic E-state index is -0.555. The summed E-state index contributed by atoms with van der Waals surface area (Å²) in [6.45, 7) is 1.86. The van der Waals surface area contributed by atoms with Crippen LogP contribution in [-0.2, 0) is 20.7 Å². The molecule has 0 saturated carbocycles. The van der Waals surface area contributed by atoms with Crippen LogP contribution in [0.15, 0.2) is 53.1 Å². The van der Waals surface area contributed by atoms with Crippen molar-refractivity contribution >= 4 is 38.6 Å². The first-order chi connectivity index (χ1) is 15.5. The second kappa shape index (κ2) is 9.65. The smallest absolute Gasteiger partial charge is 0.306 e. The fourth-order valence-corrected chi connectivity index (χ4v) is 4.01. The zero-order chi connectivity index (χ0) is 22.5. The van der Waals surface area contributed by atoms with Crippen LogP contribution >= 0.6 is 11.3 Å². The molecule has 0 N–H and O–H groups in total. The summed E-state index contributed by atoms with van der Waals surface area (Å²) in [6.07, 6.45) is 0.141. The molecular weight excluding hydrogens is 435 g/mol. The number of aryl methyl sites for hydroxylation is 1. The number of fused-ring (bicyclic) bond motifs is 1. The molecule has 2 aromatic carbocycles. The molecule has 0 spiro atoms. The van der Waals surface area contributed by atoms with Gasteiger partial charge in [-0.05, 0) is 43.3 Å². The predicted octanol–water partition coefficient (Wildman–Crippen LogP) is 4.01. The van der Waals surface area contributed by atoms with E-state index in [9.17, 15) is 14.0 Å². The molecule has 2 aromatic heterocycles. The number of anilines is 1. The van der Waals surface area contributed by atoms with Crippen LogP contribution in [0.5, 0.6) is 0 Å². The van der Waals surface area contributed by atoms with Crippen LogP contribution in [0.4, 0.5) is 9.52 Å². The van der Waals surface area contributed by atoms with Gasteiger partial charge >= 0.3 is 5.97 Å². The Labute approximate surface area is 186 Å². The number of hydrogen-bond acceptors (Lipinski definition) is 8. The van der Waals surface area contributed by atoms with E-state index in [1.54, 1.807) is 0 Å². The third-order valence-corrected chi connectivity index (χ3v) is 5.66. The summed E-state index contributed by atoms with van der Waals surface area (Å²) >= 11 is 1.41. The van der Waals surface area contributed by atoms with Crippen molar-refractivity contribution in [2.75, 3.05) is 18.1 Å². The number of halogens is 1. The van der Waals surface area contributed by atoms with Crippen LogP contribution in [0.3, 0.4) is 0 Å². The van der Waals surface area contributed by atoms with Crippen molar-refractivity contribution in [3.8, 4) is 11.4 Å². The molecule has 2 heterocycles. The number of carbonyl (C=O) groups is 2. The second-order valence-electron chi connectivity index (χ2n) is 6.78. The highest BCUT2D eigenvalue weighted by molar-refractivity contribution is 7.22. The Kier molecular flexibility index (Phi) is 6.50. The van der Waals surface area contributed by atoms with E-state index in [0.29, 0.717) is 23.1 Å². The predicted molar refractivity (Wildman–Crippen MR) is 117 cm³/mol. The van der Waals surface area contributed by atoms with E-state index in [-0.39, 0.29) is 37.1 Å². The van der Waals surface area contributed by atoms with Crippen LogP contribution in [0.2, 0.25) is 0 Å². The van der Waals surface area contributed by atoms with Gasteiger partial charge < -0.3 is 9.26 Å². The van der Waals surface area contributed by atoms with Crippen LogP contribution in [0, 0.1) is 5.82 Å². The van der Waals surface area contributed by atoms with Crippen molar-refractivity contribution < 1.29 is 23.2 Å². The molecule has 10 heteroatoms. The number of carbonyl (C=O) groups excluding carboxylic acids is 2. The molecule has 4 rings (SSSR count). The first kappa shape index (κ1) is 21.6. The number of benzene rings is 2. The molecule has 4 aromatic rings.